The Bertz CT molecular complexity index is 504. The lowest BCUT2D eigenvalue weighted by Crippen LogP contribution is -2.49. The molecule has 1 heterocycles. The molecule has 0 amide bonds. The Balaban J connectivity index is 1.61. The molecule has 1 aliphatic carbocycles. The number of anilines is 1. The van der Waals surface area contributed by atoms with Gasteiger partial charge in [-0.25, -0.2) is 4.99 Å². The summed E-state index contributed by atoms with van der Waals surface area (Å²) in [6.45, 7) is 0.898. The summed E-state index contributed by atoms with van der Waals surface area (Å²) in [6.07, 6.45) is 3.73. The van der Waals surface area contributed by atoms with Gasteiger partial charge in [-0.3, -0.25) is 0 Å². The molecule has 1 aliphatic heterocycles. The SMILES string of the molecule is COc1cccc(NC(N)=NC2CC3OCCCC23)c1. The normalized spacial score (nSPS) is 29.2. The van der Waals surface area contributed by atoms with Crippen LogP contribution < -0.4 is 15.8 Å². The fraction of sp³-hybridized carbons (Fsp3) is 0.533. The van der Waals surface area contributed by atoms with Crippen LogP contribution in [-0.4, -0.2) is 31.8 Å². The highest BCUT2D eigenvalue weighted by Gasteiger charge is 2.43. The van der Waals surface area contributed by atoms with E-state index in [9.17, 15) is 0 Å². The summed E-state index contributed by atoms with van der Waals surface area (Å²) in [4.78, 5) is 4.58. The number of nitrogens with zero attached hydrogens (tertiary/aromatic N) is 1. The van der Waals surface area contributed by atoms with Crippen LogP contribution in [0.1, 0.15) is 19.3 Å². The third kappa shape index (κ3) is 2.72. The lowest BCUT2D eigenvalue weighted by Gasteiger charge is -2.45. The maximum absolute atomic E-state index is 5.99. The van der Waals surface area contributed by atoms with Crippen LogP contribution in [0.3, 0.4) is 0 Å². The number of aliphatic imine (C=N–C) groups is 1. The number of guanidine groups is 1. The first kappa shape index (κ1) is 13.2. The molecule has 2 fully saturated rings. The molecule has 3 unspecified atom stereocenters. The van der Waals surface area contributed by atoms with E-state index in [0.717, 1.165) is 30.9 Å². The molecule has 3 atom stereocenters. The number of ether oxygens (including phenoxy) is 2. The van der Waals surface area contributed by atoms with Crippen molar-refractivity contribution in [3.05, 3.63) is 24.3 Å². The van der Waals surface area contributed by atoms with E-state index in [1.807, 2.05) is 24.3 Å². The van der Waals surface area contributed by atoms with Gasteiger partial charge in [0.15, 0.2) is 5.96 Å². The zero-order valence-electron chi connectivity index (χ0n) is 11.7. The zero-order chi connectivity index (χ0) is 13.9. The highest BCUT2D eigenvalue weighted by atomic mass is 16.5. The summed E-state index contributed by atoms with van der Waals surface area (Å²) in [5.74, 6) is 1.81. The van der Waals surface area contributed by atoms with Crippen molar-refractivity contribution in [2.45, 2.75) is 31.4 Å². The second kappa shape index (κ2) is 5.71. The van der Waals surface area contributed by atoms with E-state index >= 15 is 0 Å². The molecule has 5 nitrogen and oxygen atoms in total. The van der Waals surface area contributed by atoms with Gasteiger partial charge >= 0.3 is 0 Å². The van der Waals surface area contributed by atoms with E-state index in [4.69, 9.17) is 15.2 Å². The minimum absolute atomic E-state index is 0.304. The molecule has 5 heteroatoms. The van der Waals surface area contributed by atoms with Gasteiger partial charge in [0.25, 0.3) is 0 Å². The Morgan fingerprint density at radius 3 is 3.20 bits per heavy atom. The number of hydrogen-bond acceptors (Lipinski definition) is 3. The fourth-order valence-electron chi connectivity index (χ4n) is 2.97. The van der Waals surface area contributed by atoms with Crippen molar-refractivity contribution in [2.75, 3.05) is 19.0 Å². The largest absolute Gasteiger partial charge is 0.497 e. The van der Waals surface area contributed by atoms with Crippen LogP contribution >= 0.6 is 0 Å². The summed E-state index contributed by atoms with van der Waals surface area (Å²) < 4.78 is 10.9. The van der Waals surface area contributed by atoms with Crippen LogP contribution in [0.2, 0.25) is 0 Å². The Morgan fingerprint density at radius 2 is 2.40 bits per heavy atom. The molecule has 1 aromatic carbocycles. The van der Waals surface area contributed by atoms with Gasteiger partial charge in [-0.2, -0.15) is 0 Å². The maximum Gasteiger partial charge on any atom is 0.193 e. The smallest absolute Gasteiger partial charge is 0.193 e. The average molecular weight is 275 g/mol. The molecule has 0 bridgehead atoms. The van der Waals surface area contributed by atoms with Gasteiger partial charge in [-0.1, -0.05) is 6.07 Å². The Hall–Kier alpha value is -1.75. The highest BCUT2D eigenvalue weighted by Crippen LogP contribution is 2.39. The minimum atomic E-state index is 0.304. The summed E-state index contributed by atoms with van der Waals surface area (Å²) in [5, 5.41) is 3.12. The number of rotatable bonds is 3. The Morgan fingerprint density at radius 1 is 1.50 bits per heavy atom. The van der Waals surface area contributed by atoms with Crippen LogP contribution in [-0.2, 0) is 4.74 Å². The lowest BCUT2D eigenvalue weighted by atomic mass is 9.73. The predicted molar refractivity (Wildman–Crippen MR) is 79.1 cm³/mol. The van der Waals surface area contributed by atoms with Crippen molar-refractivity contribution in [1.82, 2.24) is 0 Å². The van der Waals surface area contributed by atoms with Crippen LogP contribution in [0.15, 0.2) is 29.3 Å². The van der Waals surface area contributed by atoms with Gasteiger partial charge in [-0.15, -0.1) is 0 Å². The average Bonchev–Trinajstić information content (AvgIpc) is 2.45. The van der Waals surface area contributed by atoms with Gasteiger partial charge in [0.1, 0.15) is 5.75 Å². The van der Waals surface area contributed by atoms with Crippen LogP contribution in [0, 0.1) is 5.92 Å². The third-order valence-corrected chi connectivity index (χ3v) is 4.11. The topological polar surface area (TPSA) is 68.9 Å². The predicted octanol–water partition coefficient (Wildman–Crippen LogP) is 1.99. The van der Waals surface area contributed by atoms with Crippen molar-refractivity contribution in [3.63, 3.8) is 0 Å². The molecule has 108 valence electrons. The molecule has 1 saturated carbocycles. The Labute approximate surface area is 119 Å². The molecule has 2 aliphatic rings. The van der Waals surface area contributed by atoms with Gasteiger partial charge in [0.2, 0.25) is 0 Å². The lowest BCUT2D eigenvalue weighted by molar-refractivity contribution is -0.0937. The second-order valence-corrected chi connectivity index (χ2v) is 5.39. The van der Waals surface area contributed by atoms with E-state index < -0.39 is 0 Å². The molecular formula is C15H21N3O2. The Kier molecular flexibility index (Phi) is 3.78. The monoisotopic (exact) mass is 275 g/mol. The molecule has 3 N–H and O–H groups in total. The standard InChI is InChI=1S/C15H21N3O2/c1-19-11-5-2-4-10(8-11)17-15(16)18-13-9-14-12(13)6-3-7-20-14/h2,4-5,8,12-14H,3,6-7,9H2,1H3,(H3,16,17,18). The van der Waals surface area contributed by atoms with Crippen molar-refractivity contribution in [2.24, 2.45) is 16.6 Å². The molecule has 20 heavy (non-hydrogen) atoms. The molecule has 0 spiro atoms. The summed E-state index contributed by atoms with van der Waals surface area (Å²) in [5.41, 5.74) is 6.88. The molecular weight excluding hydrogens is 254 g/mol. The number of fused-ring (bicyclic) bond motifs is 1. The molecule has 0 aromatic heterocycles. The van der Waals surface area contributed by atoms with Crippen LogP contribution in [0.25, 0.3) is 0 Å². The maximum atomic E-state index is 5.99. The number of nitrogens with one attached hydrogen (secondary N) is 1. The van der Waals surface area contributed by atoms with E-state index in [1.54, 1.807) is 7.11 Å². The number of benzene rings is 1. The molecule has 0 radical (unpaired) electrons. The van der Waals surface area contributed by atoms with Gasteiger partial charge in [0, 0.05) is 24.3 Å². The van der Waals surface area contributed by atoms with Gasteiger partial charge < -0.3 is 20.5 Å². The molecule has 1 aromatic rings. The van der Waals surface area contributed by atoms with Crippen molar-refractivity contribution in [1.29, 1.82) is 0 Å². The number of nitrogens with two attached hydrogens (primary N) is 1. The zero-order valence-corrected chi connectivity index (χ0v) is 11.7. The summed E-state index contributed by atoms with van der Waals surface area (Å²) in [6, 6.07) is 7.96. The van der Waals surface area contributed by atoms with Gasteiger partial charge in [0.05, 0.1) is 19.3 Å². The fourth-order valence-corrected chi connectivity index (χ4v) is 2.97. The first-order valence-electron chi connectivity index (χ1n) is 7.12. The van der Waals surface area contributed by atoms with Crippen molar-refractivity contribution < 1.29 is 9.47 Å². The van der Waals surface area contributed by atoms with Crippen LogP contribution in [0.4, 0.5) is 5.69 Å². The number of hydrogen-bond donors (Lipinski definition) is 2. The summed E-state index contributed by atoms with van der Waals surface area (Å²) >= 11 is 0. The first-order valence-corrected chi connectivity index (χ1v) is 7.12. The van der Waals surface area contributed by atoms with Crippen molar-refractivity contribution >= 4 is 11.6 Å². The van der Waals surface area contributed by atoms with E-state index in [0.29, 0.717) is 24.0 Å². The number of methoxy groups -OCH3 is 1. The van der Waals surface area contributed by atoms with E-state index in [1.165, 1.54) is 6.42 Å². The van der Waals surface area contributed by atoms with E-state index in [-0.39, 0.29) is 0 Å². The third-order valence-electron chi connectivity index (χ3n) is 4.11. The minimum Gasteiger partial charge on any atom is -0.497 e. The quantitative estimate of drug-likeness (QED) is 0.654. The van der Waals surface area contributed by atoms with E-state index in [2.05, 4.69) is 10.3 Å². The summed E-state index contributed by atoms with van der Waals surface area (Å²) in [7, 11) is 1.65. The van der Waals surface area contributed by atoms with Gasteiger partial charge in [-0.05, 0) is 31.4 Å². The van der Waals surface area contributed by atoms with Crippen LogP contribution in [0.5, 0.6) is 5.75 Å². The first-order chi connectivity index (χ1) is 9.76. The highest BCUT2D eigenvalue weighted by molar-refractivity contribution is 5.92. The second-order valence-electron chi connectivity index (χ2n) is 5.39. The molecule has 1 saturated heterocycles. The molecule has 3 rings (SSSR count). The van der Waals surface area contributed by atoms with Crippen molar-refractivity contribution in [3.8, 4) is 5.75 Å².